The summed E-state index contributed by atoms with van der Waals surface area (Å²) in [5.41, 5.74) is 1.61. The van der Waals surface area contributed by atoms with Crippen LogP contribution in [0.4, 0.5) is 0 Å². The Kier molecular flexibility index (Phi) is 9.52. The van der Waals surface area contributed by atoms with Gasteiger partial charge < -0.3 is 29.1 Å². The van der Waals surface area contributed by atoms with E-state index in [-0.39, 0.29) is 67.6 Å². The molecule has 0 aliphatic heterocycles. The van der Waals surface area contributed by atoms with Gasteiger partial charge >= 0.3 is 29.6 Å². The van der Waals surface area contributed by atoms with E-state index < -0.39 is 43.2 Å². The van der Waals surface area contributed by atoms with Crippen LogP contribution in [0.2, 0.25) is 0 Å². The maximum absolute atomic E-state index is 13.6. The number of aliphatic carboxylic acids is 1. The second-order valence-corrected chi connectivity index (χ2v) is 12.3. The Bertz CT molecular complexity index is 1790. The molecule has 2 heterocycles. The molecule has 0 unspecified atom stereocenters. The number of methoxy groups -OCH3 is 2. The van der Waals surface area contributed by atoms with Crippen LogP contribution in [-0.2, 0) is 30.2 Å². The van der Waals surface area contributed by atoms with Crippen LogP contribution in [0.25, 0.3) is 11.0 Å². The van der Waals surface area contributed by atoms with Gasteiger partial charge in [0.2, 0.25) is 24.8 Å². The summed E-state index contributed by atoms with van der Waals surface area (Å²) in [7, 11) is -5.50. The van der Waals surface area contributed by atoms with Gasteiger partial charge in [-0.25, -0.2) is 21.8 Å². The van der Waals surface area contributed by atoms with E-state index in [1.54, 1.807) is 13.8 Å². The van der Waals surface area contributed by atoms with E-state index in [4.69, 9.17) is 14.2 Å². The Hall–Kier alpha value is -3.17. The Morgan fingerprint density at radius 3 is 2.27 bits per heavy atom. The average molecular weight is 598 g/mol. The minimum Gasteiger partial charge on any atom is -0.546 e. The summed E-state index contributed by atoms with van der Waals surface area (Å²) in [5.74, 6) is -1.12. The molecule has 0 atom stereocenters. The third kappa shape index (κ3) is 6.25. The summed E-state index contributed by atoms with van der Waals surface area (Å²) in [6.45, 7) is 2.80. The number of H-pyrrole nitrogens is 1. The number of fused-ring (bicyclic) bond motifs is 1. The Labute approximate surface area is 252 Å². The molecule has 0 saturated heterocycles. The number of hydrogen-bond donors (Lipinski definition) is 1. The topological polar surface area (TPSA) is 178 Å². The van der Waals surface area contributed by atoms with Gasteiger partial charge in [0.25, 0.3) is 0 Å². The third-order valence-corrected chi connectivity index (χ3v) is 9.11. The van der Waals surface area contributed by atoms with Crippen LogP contribution in [0.5, 0.6) is 17.2 Å². The van der Waals surface area contributed by atoms with Crippen LogP contribution in [-0.4, -0.2) is 58.6 Å². The molecule has 0 amide bonds. The molecule has 206 valence electrons. The van der Waals surface area contributed by atoms with Gasteiger partial charge in [-0.15, -0.1) is 0 Å². The number of nitrogens with one attached hydrogen (secondary N) is 1. The summed E-state index contributed by atoms with van der Waals surface area (Å²) in [5, 5.41) is 10.2. The van der Waals surface area contributed by atoms with Gasteiger partial charge in [-0.1, -0.05) is 0 Å². The number of carboxylic acids is 1. The predicted octanol–water partition coefficient (Wildman–Crippen LogP) is -1.47. The monoisotopic (exact) mass is 597 g/mol. The number of aromatic nitrogens is 3. The van der Waals surface area contributed by atoms with Crippen molar-refractivity contribution in [2.45, 2.75) is 34.5 Å². The molecule has 4 aromatic rings. The number of hydrogen-bond acceptors (Lipinski definition) is 11. The molecule has 0 fully saturated rings. The number of benzene rings is 2. The minimum absolute atomic E-state index is 0. The van der Waals surface area contributed by atoms with E-state index in [1.807, 2.05) is 0 Å². The first-order chi connectivity index (χ1) is 18.4. The second-order valence-electron chi connectivity index (χ2n) is 8.50. The summed E-state index contributed by atoms with van der Waals surface area (Å²) in [4.78, 5) is 21.3. The zero-order valence-corrected chi connectivity index (χ0v) is 26.0. The number of carbonyl (C=O) groups excluding carboxylic acids is 1. The number of sulfone groups is 2. The Morgan fingerprint density at radius 2 is 1.68 bits per heavy atom. The van der Waals surface area contributed by atoms with Gasteiger partial charge in [-0.05, 0) is 38.1 Å². The van der Waals surface area contributed by atoms with E-state index in [2.05, 4.69) is 15.0 Å². The molecule has 40 heavy (non-hydrogen) atoms. The number of carboxylic acid groups (broad SMARTS) is 1. The number of imidazole rings is 1. The van der Waals surface area contributed by atoms with Crippen molar-refractivity contribution in [3.05, 3.63) is 59.4 Å². The zero-order valence-electron chi connectivity index (χ0n) is 22.3. The van der Waals surface area contributed by atoms with Crippen LogP contribution < -0.4 is 48.9 Å². The average Bonchev–Trinajstić information content (AvgIpc) is 3.34. The summed E-state index contributed by atoms with van der Waals surface area (Å²) in [6, 6.07) is 7.73. The summed E-state index contributed by atoms with van der Waals surface area (Å²) < 4.78 is 69.4. The fourth-order valence-corrected chi connectivity index (χ4v) is 6.67. The standard InChI is InChI=1S/C25H25N3O9S2.Na/c1-14-11-26-20(15(2)24(14)36-4)13-38(31,32)25-27-19-9-17(35-3)10-21(23(19)28-25)39(33,34)18-7-5-16(6-8-18)37-12-22(29)30;/h5-11H,12-13H2,1-4H3,(H,27,28)(H,29,30);/q;+1/p-1. The van der Waals surface area contributed by atoms with Crippen LogP contribution in [0.15, 0.2) is 57.5 Å². The molecular weight excluding hydrogens is 573 g/mol. The van der Waals surface area contributed by atoms with Crippen molar-refractivity contribution in [2.24, 2.45) is 0 Å². The first-order valence-electron chi connectivity index (χ1n) is 11.3. The quantitative estimate of drug-likeness (QED) is 0.211. The molecular formula is C25H24N3NaO9S2. The zero-order chi connectivity index (χ0) is 28.5. The van der Waals surface area contributed by atoms with Gasteiger partial charge in [-0.2, -0.15) is 0 Å². The number of carbonyl (C=O) groups is 1. The number of pyridine rings is 1. The number of ether oxygens (including phenoxy) is 3. The van der Waals surface area contributed by atoms with Gasteiger partial charge in [0.1, 0.15) is 40.0 Å². The van der Waals surface area contributed by atoms with E-state index in [0.29, 0.717) is 11.3 Å². The smallest absolute Gasteiger partial charge is 0.546 e. The minimum atomic E-state index is -4.23. The van der Waals surface area contributed by atoms with E-state index in [9.17, 15) is 26.7 Å². The summed E-state index contributed by atoms with van der Waals surface area (Å²) in [6.07, 6.45) is 1.51. The molecule has 2 aromatic heterocycles. The Morgan fingerprint density at radius 1 is 1.00 bits per heavy atom. The van der Waals surface area contributed by atoms with Gasteiger partial charge in [0, 0.05) is 29.5 Å². The SMILES string of the molecule is COc1cc(S(=O)(=O)c2ccc(OCC(=O)[O-])cc2)c2nc(S(=O)(=O)Cc3ncc(C)c(OC)c3C)[nH]c2c1.[Na+]. The normalized spacial score (nSPS) is 11.6. The van der Waals surface area contributed by atoms with Crippen LogP contribution >= 0.6 is 0 Å². The van der Waals surface area contributed by atoms with Crippen LogP contribution in [0.3, 0.4) is 0 Å². The van der Waals surface area contributed by atoms with Crippen molar-refractivity contribution in [3.63, 3.8) is 0 Å². The van der Waals surface area contributed by atoms with E-state index >= 15 is 0 Å². The molecule has 0 spiro atoms. The fourth-order valence-electron chi connectivity index (χ4n) is 3.96. The van der Waals surface area contributed by atoms with E-state index in [0.717, 1.165) is 5.56 Å². The van der Waals surface area contributed by atoms with Crippen molar-refractivity contribution in [1.82, 2.24) is 15.0 Å². The summed E-state index contributed by atoms with van der Waals surface area (Å²) >= 11 is 0. The van der Waals surface area contributed by atoms with Crippen molar-refractivity contribution in [2.75, 3.05) is 20.8 Å². The van der Waals surface area contributed by atoms with Gasteiger partial charge in [-0.3, -0.25) is 4.98 Å². The maximum Gasteiger partial charge on any atom is 1.00 e. The molecule has 12 nitrogen and oxygen atoms in total. The molecule has 4 rings (SSSR count). The predicted molar refractivity (Wildman–Crippen MR) is 136 cm³/mol. The van der Waals surface area contributed by atoms with Crippen molar-refractivity contribution >= 4 is 36.7 Å². The first-order valence-corrected chi connectivity index (χ1v) is 14.5. The molecule has 0 radical (unpaired) electrons. The van der Waals surface area contributed by atoms with Crippen LogP contribution in [0.1, 0.15) is 16.8 Å². The van der Waals surface area contributed by atoms with E-state index in [1.165, 1.54) is 56.8 Å². The van der Waals surface area contributed by atoms with Crippen molar-refractivity contribution < 1.29 is 70.5 Å². The van der Waals surface area contributed by atoms with Gasteiger partial charge in [0.05, 0.1) is 36.3 Å². The molecule has 0 aliphatic carbocycles. The first kappa shape index (κ1) is 31.4. The van der Waals surface area contributed by atoms with Crippen LogP contribution in [0, 0.1) is 13.8 Å². The molecule has 15 heteroatoms. The molecule has 0 aliphatic rings. The molecule has 0 bridgehead atoms. The Balaban J connectivity index is 0.00000441. The molecule has 1 N–H and O–H groups in total. The number of aromatic amines is 1. The number of nitrogens with zero attached hydrogens (tertiary/aromatic N) is 2. The third-order valence-electron chi connectivity index (χ3n) is 5.89. The van der Waals surface area contributed by atoms with Gasteiger partial charge in [0.15, 0.2) is 0 Å². The fraction of sp³-hybridized carbons (Fsp3) is 0.240. The van der Waals surface area contributed by atoms with Crippen molar-refractivity contribution in [3.8, 4) is 17.2 Å². The largest absolute Gasteiger partial charge is 1.00 e. The molecule has 2 aromatic carbocycles. The number of aryl methyl sites for hydroxylation is 1. The van der Waals surface area contributed by atoms with Crippen molar-refractivity contribution in [1.29, 1.82) is 0 Å². The molecule has 0 saturated carbocycles. The second kappa shape index (κ2) is 12.1. The number of rotatable bonds is 10. The maximum atomic E-state index is 13.6.